The molecule has 0 amide bonds. The van der Waals surface area contributed by atoms with Crippen LogP contribution in [0.5, 0.6) is 0 Å². The Hall–Kier alpha value is -1.69. The van der Waals surface area contributed by atoms with Crippen LogP contribution in [-0.2, 0) is 16.0 Å². The van der Waals surface area contributed by atoms with E-state index in [4.69, 9.17) is 16.3 Å². The van der Waals surface area contributed by atoms with Crippen molar-refractivity contribution in [2.45, 2.75) is 13.3 Å². The van der Waals surface area contributed by atoms with Crippen LogP contribution in [0.4, 0.5) is 5.69 Å². The number of hydrogen-bond acceptors (Lipinski definition) is 5. The van der Waals surface area contributed by atoms with Crippen molar-refractivity contribution in [2.24, 2.45) is 0 Å². The van der Waals surface area contributed by atoms with E-state index in [2.05, 4.69) is 4.98 Å². The van der Waals surface area contributed by atoms with Gasteiger partial charge in [0.25, 0.3) is 5.69 Å². The Labute approximate surface area is 96.3 Å². The van der Waals surface area contributed by atoms with Crippen LogP contribution in [0.1, 0.15) is 12.6 Å². The second-order valence-electron chi connectivity index (χ2n) is 2.83. The molecule has 0 unspecified atom stereocenters. The predicted molar refractivity (Wildman–Crippen MR) is 56.2 cm³/mol. The number of pyridine rings is 1. The van der Waals surface area contributed by atoms with Crippen LogP contribution in [0.25, 0.3) is 0 Å². The molecule has 0 aliphatic heterocycles. The Morgan fingerprint density at radius 1 is 1.69 bits per heavy atom. The zero-order valence-electron chi connectivity index (χ0n) is 8.47. The summed E-state index contributed by atoms with van der Waals surface area (Å²) in [6.07, 6.45) is 1.06. The number of rotatable bonds is 4. The Bertz CT molecular complexity index is 422. The quantitative estimate of drug-likeness (QED) is 0.458. The summed E-state index contributed by atoms with van der Waals surface area (Å²) in [7, 11) is 0. The zero-order chi connectivity index (χ0) is 12.1. The summed E-state index contributed by atoms with van der Waals surface area (Å²) in [6, 6.07) is 1.18. The number of nitro groups is 1. The molecule has 0 fully saturated rings. The molecule has 7 heteroatoms. The maximum Gasteiger partial charge on any atom is 0.311 e. The molecule has 1 aromatic rings. The third kappa shape index (κ3) is 2.90. The monoisotopic (exact) mass is 244 g/mol. The van der Waals surface area contributed by atoms with Crippen LogP contribution in [-0.4, -0.2) is 22.5 Å². The minimum atomic E-state index is -0.626. The van der Waals surface area contributed by atoms with Gasteiger partial charge in [-0.3, -0.25) is 19.9 Å². The van der Waals surface area contributed by atoms with Gasteiger partial charge < -0.3 is 4.74 Å². The van der Waals surface area contributed by atoms with E-state index in [0.717, 1.165) is 0 Å². The number of carbonyl (C=O) groups excluding carboxylic acids is 1. The number of hydrogen-bond donors (Lipinski definition) is 0. The average molecular weight is 245 g/mol. The van der Waals surface area contributed by atoms with Crippen molar-refractivity contribution in [2.75, 3.05) is 6.61 Å². The minimum absolute atomic E-state index is 0.124. The van der Waals surface area contributed by atoms with E-state index in [1.54, 1.807) is 6.92 Å². The molecule has 1 aromatic heterocycles. The second-order valence-corrected chi connectivity index (χ2v) is 3.21. The molecular formula is C9H9ClN2O4. The van der Waals surface area contributed by atoms with Gasteiger partial charge in [-0.2, -0.15) is 0 Å². The van der Waals surface area contributed by atoms with Gasteiger partial charge in [-0.1, -0.05) is 11.6 Å². The number of nitrogens with zero attached hydrogens (tertiary/aromatic N) is 2. The summed E-state index contributed by atoms with van der Waals surface area (Å²) in [5.41, 5.74) is -0.120. The second kappa shape index (κ2) is 5.41. The topological polar surface area (TPSA) is 82.3 Å². The molecule has 0 aliphatic rings. The lowest BCUT2D eigenvalue weighted by molar-refractivity contribution is -0.384. The lowest BCUT2D eigenvalue weighted by Crippen LogP contribution is -2.09. The molecular weight excluding hydrogens is 236 g/mol. The lowest BCUT2D eigenvalue weighted by atomic mass is 10.2. The number of carbonyl (C=O) groups is 1. The highest BCUT2D eigenvalue weighted by atomic mass is 35.5. The van der Waals surface area contributed by atoms with Crippen molar-refractivity contribution in [3.8, 4) is 0 Å². The molecule has 16 heavy (non-hydrogen) atoms. The van der Waals surface area contributed by atoms with Crippen molar-refractivity contribution < 1.29 is 14.5 Å². The van der Waals surface area contributed by atoms with Gasteiger partial charge in [0.1, 0.15) is 5.02 Å². The van der Waals surface area contributed by atoms with Gasteiger partial charge in [0.2, 0.25) is 0 Å². The molecule has 1 heterocycles. The van der Waals surface area contributed by atoms with Gasteiger partial charge in [-0.25, -0.2) is 0 Å². The molecule has 0 aliphatic carbocycles. The van der Waals surface area contributed by atoms with Gasteiger partial charge >= 0.3 is 5.97 Å². The van der Waals surface area contributed by atoms with Crippen molar-refractivity contribution >= 4 is 23.3 Å². The third-order valence-electron chi connectivity index (χ3n) is 1.75. The van der Waals surface area contributed by atoms with Crippen LogP contribution in [0, 0.1) is 10.1 Å². The number of aromatic nitrogens is 1. The summed E-state index contributed by atoms with van der Waals surface area (Å²) in [6.45, 7) is 1.91. The van der Waals surface area contributed by atoms with Crippen LogP contribution in [0.2, 0.25) is 5.02 Å². The molecule has 86 valence electrons. The van der Waals surface area contributed by atoms with E-state index in [-0.39, 0.29) is 29.4 Å². The van der Waals surface area contributed by atoms with Crippen molar-refractivity contribution in [3.63, 3.8) is 0 Å². The van der Waals surface area contributed by atoms with Gasteiger partial charge in [0, 0.05) is 12.3 Å². The van der Waals surface area contributed by atoms with Gasteiger partial charge in [0.15, 0.2) is 0 Å². The molecule has 0 saturated carbocycles. The Morgan fingerprint density at radius 3 is 2.94 bits per heavy atom. The zero-order valence-corrected chi connectivity index (χ0v) is 9.23. The van der Waals surface area contributed by atoms with E-state index >= 15 is 0 Å². The normalized spacial score (nSPS) is 9.88. The molecule has 0 atom stereocenters. The molecule has 0 saturated heterocycles. The van der Waals surface area contributed by atoms with E-state index < -0.39 is 10.9 Å². The van der Waals surface area contributed by atoms with Crippen molar-refractivity contribution in [1.82, 2.24) is 4.98 Å². The average Bonchev–Trinajstić information content (AvgIpc) is 2.21. The highest BCUT2D eigenvalue weighted by Crippen LogP contribution is 2.26. The summed E-state index contributed by atoms with van der Waals surface area (Å²) in [4.78, 5) is 24.9. The maximum atomic E-state index is 11.2. The molecule has 0 bridgehead atoms. The fraction of sp³-hybridized carbons (Fsp3) is 0.333. The van der Waals surface area contributed by atoms with E-state index in [1.165, 1.54) is 12.3 Å². The summed E-state index contributed by atoms with van der Waals surface area (Å²) in [5, 5.41) is 10.4. The minimum Gasteiger partial charge on any atom is -0.466 e. The molecule has 0 aromatic carbocycles. The van der Waals surface area contributed by atoms with Crippen LogP contribution >= 0.6 is 11.6 Å². The molecule has 0 N–H and O–H groups in total. The SMILES string of the molecule is CCOC(=O)Cc1nccc([N+](=O)[O-])c1Cl. The number of esters is 1. The molecule has 0 spiro atoms. The van der Waals surface area contributed by atoms with E-state index in [9.17, 15) is 14.9 Å². The first kappa shape index (κ1) is 12.4. The Balaban J connectivity index is 2.93. The van der Waals surface area contributed by atoms with Gasteiger partial charge in [0.05, 0.1) is 23.6 Å². The summed E-state index contributed by atoms with van der Waals surface area (Å²) in [5.74, 6) is -0.516. The fourth-order valence-corrected chi connectivity index (χ4v) is 1.34. The standard InChI is InChI=1S/C9H9ClN2O4/c1-2-16-8(13)5-6-9(10)7(12(14)15)3-4-11-6/h3-4H,2,5H2,1H3. The Kier molecular flexibility index (Phi) is 4.19. The van der Waals surface area contributed by atoms with Crippen molar-refractivity contribution in [3.05, 3.63) is 33.1 Å². The predicted octanol–water partition coefficient (Wildman–Crippen LogP) is 1.75. The van der Waals surface area contributed by atoms with Crippen LogP contribution in [0.15, 0.2) is 12.3 Å². The highest BCUT2D eigenvalue weighted by Gasteiger charge is 2.18. The maximum absolute atomic E-state index is 11.2. The van der Waals surface area contributed by atoms with E-state index in [0.29, 0.717) is 0 Å². The first-order valence-electron chi connectivity index (χ1n) is 4.49. The summed E-state index contributed by atoms with van der Waals surface area (Å²) < 4.78 is 4.69. The smallest absolute Gasteiger partial charge is 0.311 e. The number of halogens is 1. The fourth-order valence-electron chi connectivity index (χ4n) is 1.09. The van der Waals surface area contributed by atoms with Crippen molar-refractivity contribution in [1.29, 1.82) is 0 Å². The van der Waals surface area contributed by atoms with Gasteiger partial charge in [-0.15, -0.1) is 0 Å². The third-order valence-corrected chi connectivity index (χ3v) is 2.17. The van der Waals surface area contributed by atoms with E-state index in [1.807, 2.05) is 0 Å². The van der Waals surface area contributed by atoms with Gasteiger partial charge in [-0.05, 0) is 6.92 Å². The molecule has 1 rings (SSSR count). The first-order valence-corrected chi connectivity index (χ1v) is 4.87. The largest absolute Gasteiger partial charge is 0.466 e. The summed E-state index contributed by atoms with van der Waals surface area (Å²) >= 11 is 5.74. The molecule has 6 nitrogen and oxygen atoms in total. The lowest BCUT2D eigenvalue weighted by Gasteiger charge is -2.03. The Morgan fingerprint density at radius 2 is 2.38 bits per heavy atom. The first-order chi connectivity index (χ1) is 7.56. The number of ether oxygens (including phenoxy) is 1. The van der Waals surface area contributed by atoms with Crippen LogP contribution in [0.3, 0.4) is 0 Å². The molecule has 0 radical (unpaired) electrons. The highest BCUT2D eigenvalue weighted by molar-refractivity contribution is 6.33. The van der Waals surface area contributed by atoms with Crippen LogP contribution < -0.4 is 0 Å².